The molecule has 28 heavy (non-hydrogen) atoms. The smallest absolute Gasteiger partial charge is 0.297 e. The molecule has 0 aliphatic carbocycles. The van der Waals surface area contributed by atoms with Crippen molar-refractivity contribution in [2.45, 2.75) is 53.1 Å². The van der Waals surface area contributed by atoms with Crippen LogP contribution in [0.15, 0.2) is 4.99 Å². The summed E-state index contributed by atoms with van der Waals surface area (Å²) >= 11 is 0. The topological polar surface area (TPSA) is 88.8 Å². The second-order valence-electron chi connectivity index (χ2n) is 8.26. The number of hydrogen-bond acceptors (Lipinski definition) is 5. The minimum absolute atomic E-state index is 0.213. The molecule has 156 valence electrons. The highest BCUT2D eigenvalue weighted by atomic mass is 16.5. The van der Waals surface area contributed by atoms with Gasteiger partial charge >= 0.3 is 0 Å². The van der Waals surface area contributed by atoms with Crippen molar-refractivity contribution in [2.24, 2.45) is 10.4 Å². The highest BCUT2D eigenvalue weighted by Crippen LogP contribution is 2.22. The first-order valence-electron chi connectivity index (χ1n) is 9.80. The number of carbonyl (C=O) groups excluding carboxylic acids is 2. The first-order chi connectivity index (χ1) is 13.2. The van der Waals surface area contributed by atoms with Crippen molar-refractivity contribution in [1.29, 1.82) is 0 Å². The van der Waals surface area contributed by atoms with Crippen molar-refractivity contribution in [1.82, 2.24) is 19.8 Å². The summed E-state index contributed by atoms with van der Waals surface area (Å²) in [6, 6.07) is 0. The van der Waals surface area contributed by atoms with E-state index in [4.69, 9.17) is 4.74 Å². The largest absolute Gasteiger partial charge is 0.385 e. The summed E-state index contributed by atoms with van der Waals surface area (Å²) in [5.74, 6) is 0.0901. The molecule has 2 heterocycles. The Bertz CT molecular complexity index is 746. The van der Waals surface area contributed by atoms with Crippen LogP contribution in [0.4, 0.5) is 0 Å². The molecule has 0 bridgehead atoms. The zero-order chi connectivity index (χ0) is 20.9. The number of ether oxygens (including phenoxy) is 1. The molecule has 0 saturated carbocycles. The minimum Gasteiger partial charge on any atom is -0.385 e. The van der Waals surface area contributed by atoms with Crippen molar-refractivity contribution in [3.63, 3.8) is 0 Å². The maximum Gasteiger partial charge on any atom is 0.297 e. The van der Waals surface area contributed by atoms with E-state index in [1.807, 2.05) is 27.8 Å². The van der Waals surface area contributed by atoms with Gasteiger partial charge in [0.2, 0.25) is 0 Å². The van der Waals surface area contributed by atoms with Gasteiger partial charge in [-0.1, -0.05) is 20.8 Å². The Hall–Kier alpha value is -2.06. The van der Waals surface area contributed by atoms with Crippen LogP contribution in [0.1, 0.15) is 55.6 Å². The molecule has 8 nitrogen and oxygen atoms in total. The first kappa shape index (κ1) is 22.2. The van der Waals surface area contributed by atoms with Crippen LogP contribution in [0, 0.1) is 5.41 Å². The molecular weight excluding hydrogens is 358 g/mol. The molecule has 0 fully saturated rings. The number of nitrogens with zero attached hydrogens (tertiary/aromatic N) is 4. The SMILES string of the molecule is CNC(=O)/C(=N/C(=O)c1nc(CCCOC)n2c1CN(C)CCC2)C(C)(C)C. The van der Waals surface area contributed by atoms with Gasteiger partial charge in [0, 0.05) is 45.7 Å². The molecule has 8 heteroatoms. The van der Waals surface area contributed by atoms with Crippen LogP contribution >= 0.6 is 0 Å². The summed E-state index contributed by atoms with van der Waals surface area (Å²) < 4.78 is 7.31. The molecule has 0 aromatic carbocycles. The zero-order valence-corrected chi connectivity index (χ0v) is 18.0. The van der Waals surface area contributed by atoms with Crippen molar-refractivity contribution >= 4 is 17.5 Å². The Kier molecular flexibility index (Phi) is 7.48. The van der Waals surface area contributed by atoms with E-state index in [-0.39, 0.29) is 11.6 Å². The van der Waals surface area contributed by atoms with E-state index in [1.54, 1.807) is 14.2 Å². The highest BCUT2D eigenvalue weighted by Gasteiger charge is 2.29. The number of rotatable bonds is 6. The van der Waals surface area contributed by atoms with E-state index in [0.29, 0.717) is 18.8 Å². The molecule has 1 aliphatic heterocycles. The molecule has 2 rings (SSSR count). The number of aromatic nitrogens is 2. The molecule has 1 aromatic rings. The molecule has 0 saturated heterocycles. The first-order valence-corrected chi connectivity index (χ1v) is 9.80. The molecule has 1 N–H and O–H groups in total. The molecule has 0 atom stereocenters. The Morgan fingerprint density at radius 2 is 2.00 bits per heavy atom. The summed E-state index contributed by atoms with van der Waals surface area (Å²) in [4.78, 5) is 36.4. The van der Waals surface area contributed by atoms with E-state index >= 15 is 0 Å². The fraction of sp³-hybridized carbons (Fsp3) is 0.700. The molecule has 0 radical (unpaired) electrons. The summed E-state index contributed by atoms with van der Waals surface area (Å²) in [5.41, 5.74) is 0.896. The molecular formula is C20H33N5O3. The van der Waals surface area contributed by atoms with Gasteiger partial charge in [-0.25, -0.2) is 9.98 Å². The molecule has 0 unspecified atom stereocenters. The van der Waals surface area contributed by atoms with E-state index in [9.17, 15) is 9.59 Å². The van der Waals surface area contributed by atoms with Gasteiger partial charge in [-0.15, -0.1) is 0 Å². The van der Waals surface area contributed by atoms with Gasteiger partial charge < -0.3 is 19.5 Å². The van der Waals surface area contributed by atoms with Crippen LogP contribution in [0.25, 0.3) is 0 Å². The number of methoxy groups -OCH3 is 1. The highest BCUT2D eigenvalue weighted by molar-refractivity contribution is 6.42. The summed E-state index contributed by atoms with van der Waals surface area (Å²) in [7, 11) is 5.26. The third-order valence-corrected chi connectivity index (χ3v) is 4.81. The van der Waals surface area contributed by atoms with Gasteiger partial charge in [0.1, 0.15) is 11.5 Å². The second-order valence-corrected chi connectivity index (χ2v) is 8.26. The quantitative estimate of drug-likeness (QED) is 0.589. The number of aryl methyl sites for hydroxylation is 1. The Labute approximate surface area is 167 Å². The molecule has 0 spiro atoms. The van der Waals surface area contributed by atoms with Gasteiger partial charge in [-0.2, -0.15) is 0 Å². The number of fused-ring (bicyclic) bond motifs is 1. The van der Waals surface area contributed by atoms with Gasteiger partial charge in [-0.3, -0.25) is 9.59 Å². The molecule has 1 aromatic heterocycles. The maximum absolute atomic E-state index is 13.1. The summed E-state index contributed by atoms with van der Waals surface area (Å²) in [6.07, 6.45) is 2.58. The monoisotopic (exact) mass is 391 g/mol. The van der Waals surface area contributed by atoms with Crippen molar-refractivity contribution in [3.05, 3.63) is 17.2 Å². The van der Waals surface area contributed by atoms with Gasteiger partial charge in [0.05, 0.1) is 5.69 Å². The van der Waals surface area contributed by atoms with Crippen molar-refractivity contribution in [2.75, 3.05) is 34.4 Å². The standard InChI is InChI=1S/C20H33N5O3/c1-20(2,3)17(19(27)21-4)23-18(26)16-14-13-24(5)10-8-11-25(14)15(22-16)9-7-12-28-6/h7-13H2,1-6H3,(H,21,27)/b23-17-. The number of hydrogen-bond donors (Lipinski definition) is 1. The Morgan fingerprint density at radius 1 is 1.29 bits per heavy atom. The lowest BCUT2D eigenvalue weighted by Gasteiger charge is -2.19. The third-order valence-electron chi connectivity index (χ3n) is 4.81. The van der Waals surface area contributed by atoms with E-state index < -0.39 is 11.3 Å². The number of nitrogens with one attached hydrogen (secondary N) is 1. The number of amides is 2. The van der Waals surface area contributed by atoms with E-state index in [2.05, 4.69) is 24.8 Å². The van der Waals surface area contributed by atoms with Gasteiger partial charge in [-0.05, 0) is 26.4 Å². The van der Waals surface area contributed by atoms with Gasteiger partial charge in [0.15, 0.2) is 5.69 Å². The third kappa shape index (κ3) is 5.26. The van der Waals surface area contributed by atoms with Crippen LogP contribution in [0.3, 0.4) is 0 Å². The van der Waals surface area contributed by atoms with Crippen LogP contribution in [0.5, 0.6) is 0 Å². The number of aliphatic imine (C=N–C) groups is 1. The van der Waals surface area contributed by atoms with Crippen molar-refractivity contribution < 1.29 is 14.3 Å². The maximum atomic E-state index is 13.1. The van der Waals surface area contributed by atoms with Crippen molar-refractivity contribution in [3.8, 4) is 0 Å². The summed E-state index contributed by atoms with van der Waals surface area (Å²) in [5, 5.41) is 2.58. The Morgan fingerprint density at radius 3 is 2.61 bits per heavy atom. The average molecular weight is 392 g/mol. The number of carbonyl (C=O) groups is 2. The second kappa shape index (κ2) is 9.43. The van der Waals surface area contributed by atoms with Crippen LogP contribution in [-0.2, 0) is 29.0 Å². The summed E-state index contributed by atoms with van der Waals surface area (Å²) in [6.45, 7) is 8.67. The molecule has 2 amide bonds. The molecule has 1 aliphatic rings. The minimum atomic E-state index is -0.551. The van der Waals surface area contributed by atoms with E-state index in [0.717, 1.165) is 43.9 Å². The fourth-order valence-electron chi connectivity index (χ4n) is 3.36. The Balaban J connectivity index is 2.46. The van der Waals surface area contributed by atoms with E-state index in [1.165, 1.54) is 0 Å². The predicted octanol–water partition coefficient (Wildman–Crippen LogP) is 1.67. The zero-order valence-electron chi connectivity index (χ0n) is 18.0. The fourth-order valence-corrected chi connectivity index (χ4v) is 3.36. The lowest BCUT2D eigenvalue weighted by atomic mass is 9.89. The normalized spacial score (nSPS) is 15.9. The lowest BCUT2D eigenvalue weighted by Crippen LogP contribution is -2.37. The van der Waals surface area contributed by atoms with Gasteiger partial charge in [0.25, 0.3) is 11.8 Å². The van der Waals surface area contributed by atoms with Crippen LogP contribution < -0.4 is 5.32 Å². The van der Waals surface area contributed by atoms with Crippen LogP contribution in [-0.4, -0.2) is 66.3 Å². The average Bonchev–Trinajstić information content (AvgIpc) is 2.83. The predicted molar refractivity (Wildman–Crippen MR) is 109 cm³/mol. The van der Waals surface area contributed by atoms with Crippen LogP contribution in [0.2, 0.25) is 0 Å². The lowest BCUT2D eigenvalue weighted by molar-refractivity contribution is -0.114. The number of imidazole rings is 1.